The number of hydrazine groups is 1. The number of hydrogen-bond acceptors (Lipinski definition) is 4. The van der Waals surface area contributed by atoms with Gasteiger partial charge in [-0.2, -0.15) is 0 Å². The van der Waals surface area contributed by atoms with E-state index < -0.39 is 0 Å². The van der Waals surface area contributed by atoms with E-state index in [2.05, 4.69) is 10.7 Å². The van der Waals surface area contributed by atoms with Gasteiger partial charge in [0, 0.05) is 25.6 Å². The summed E-state index contributed by atoms with van der Waals surface area (Å²) in [6.45, 7) is 5.78. The average molecular weight is 173 g/mol. The highest BCUT2D eigenvalue weighted by Gasteiger charge is 2.16. The number of nitrogens with one attached hydrogen (secondary N) is 2. The molecule has 0 saturated carbocycles. The third kappa shape index (κ3) is 4.98. The van der Waals surface area contributed by atoms with E-state index in [0.29, 0.717) is 6.10 Å². The molecular weight excluding hydrogens is 154 g/mol. The van der Waals surface area contributed by atoms with E-state index in [-0.39, 0.29) is 0 Å². The lowest BCUT2D eigenvalue weighted by Crippen LogP contribution is -2.35. The monoisotopic (exact) mass is 173 g/mol. The van der Waals surface area contributed by atoms with E-state index in [0.717, 1.165) is 19.6 Å². The van der Waals surface area contributed by atoms with Gasteiger partial charge < -0.3 is 15.5 Å². The molecule has 0 radical (unpaired) electrons. The second-order valence-electron chi connectivity index (χ2n) is 2.19. The second kappa shape index (κ2) is 8.36. The average Bonchev–Trinajstić information content (AvgIpc) is 2.05. The minimum atomic E-state index is 0.405. The molecule has 4 heteroatoms. The Balaban J connectivity index is 0.000000561. The first-order chi connectivity index (χ1) is 5.93. The molecule has 4 N–H and O–H groups in total. The van der Waals surface area contributed by atoms with Crippen molar-refractivity contribution in [1.29, 1.82) is 0 Å². The zero-order valence-corrected chi connectivity index (χ0v) is 7.84. The van der Waals surface area contributed by atoms with Gasteiger partial charge in [0.2, 0.25) is 0 Å². The van der Waals surface area contributed by atoms with E-state index in [1.165, 1.54) is 0 Å². The summed E-state index contributed by atoms with van der Waals surface area (Å²) >= 11 is 0. The van der Waals surface area contributed by atoms with Gasteiger partial charge >= 0.3 is 0 Å². The van der Waals surface area contributed by atoms with Gasteiger partial charge in [0.1, 0.15) is 0 Å². The van der Waals surface area contributed by atoms with Crippen LogP contribution in [0.3, 0.4) is 0 Å². The van der Waals surface area contributed by atoms with Gasteiger partial charge in [-0.25, -0.2) is 0 Å². The van der Waals surface area contributed by atoms with Crippen LogP contribution in [0.15, 0.2) is 12.4 Å². The lowest BCUT2D eigenvalue weighted by Gasteiger charge is -2.25. The summed E-state index contributed by atoms with van der Waals surface area (Å²) in [4.78, 5) is 0. The van der Waals surface area contributed by atoms with Crippen LogP contribution in [-0.2, 0) is 4.74 Å². The van der Waals surface area contributed by atoms with Crippen molar-refractivity contribution in [3.05, 3.63) is 12.4 Å². The number of rotatable bonds is 4. The Kier molecular flexibility index (Phi) is 7.84. The Morgan fingerprint density at radius 3 is 2.58 bits per heavy atom. The van der Waals surface area contributed by atoms with Crippen molar-refractivity contribution in [2.75, 3.05) is 13.2 Å². The Hall–Kier alpha value is -0.740. The second-order valence-corrected chi connectivity index (χ2v) is 2.19. The summed E-state index contributed by atoms with van der Waals surface area (Å²) in [6.07, 6.45) is 4.97. The Morgan fingerprint density at radius 2 is 2.17 bits per heavy atom. The molecule has 0 amide bonds. The quantitative estimate of drug-likeness (QED) is 0.423. The van der Waals surface area contributed by atoms with Gasteiger partial charge in [0.15, 0.2) is 0 Å². The number of nitrogens with two attached hydrogens (primary N) is 1. The fourth-order valence-electron chi connectivity index (χ4n) is 0.752. The molecule has 1 fully saturated rings. The molecule has 1 unspecified atom stereocenters. The highest BCUT2D eigenvalue weighted by molar-refractivity contribution is 4.78. The molecule has 0 spiro atoms. The summed E-state index contributed by atoms with van der Waals surface area (Å²) in [7, 11) is 0. The van der Waals surface area contributed by atoms with Crippen molar-refractivity contribution >= 4 is 0 Å². The van der Waals surface area contributed by atoms with Gasteiger partial charge in [0.05, 0.1) is 6.10 Å². The molecule has 12 heavy (non-hydrogen) atoms. The summed E-state index contributed by atoms with van der Waals surface area (Å²) in [5.41, 5.74) is 2.39. The molecule has 0 aromatic rings. The Bertz CT molecular complexity index is 113. The van der Waals surface area contributed by atoms with E-state index in [4.69, 9.17) is 10.6 Å². The van der Waals surface area contributed by atoms with Gasteiger partial charge in [0.25, 0.3) is 0 Å². The maximum Gasteiger partial charge on any atom is 0.0769 e. The van der Waals surface area contributed by atoms with Gasteiger partial charge in [-0.15, -0.1) is 0 Å². The molecule has 0 aromatic carbocycles. The number of hydrogen-bond donors (Lipinski definition) is 3. The highest BCUT2D eigenvalue weighted by Crippen LogP contribution is 2.08. The summed E-state index contributed by atoms with van der Waals surface area (Å²) in [6, 6.07) is 0. The van der Waals surface area contributed by atoms with E-state index in [9.17, 15) is 0 Å². The predicted octanol–water partition coefficient (Wildman–Crippen LogP) is 0.326. The van der Waals surface area contributed by atoms with Gasteiger partial charge in [-0.3, -0.25) is 5.84 Å². The minimum absolute atomic E-state index is 0.405. The van der Waals surface area contributed by atoms with Crippen molar-refractivity contribution in [2.45, 2.75) is 26.4 Å². The molecule has 1 heterocycles. The molecule has 1 rings (SSSR count). The minimum Gasteiger partial charge on any atom is -0.387 e. The molecule has 0 aliphatic carbocycles. The zero-order valence-electron chi connectivity index (χ0n) is 7.84. The zero-order chi connectivity index (χ0) is 9.23. The first kappa shape index (κ1) is 11.3. The molecule has 0 bridgehead atoms. The van der Waals surface area contributed by atoms with E-state index >= 15 is 0 Å². The van der Waals surface area contributed by atoms with Crippen molar-refractivity contribution in [2.24, 2.45) is 5.84 Å². The van der Waals surface area contributed by atoms with Crippen LogP contribution in [0.2, 0.25) is 0 Å². The van der Waals surface area contributed by atoms with E-state index in [1.54, 1.807) is 12.4 Å². The van der Waals surface area contributed by atoms with E-state index in [1.807, 2.05) is 13.8 Å². The lowest BCUT2D eigenvalue weighted by molar-refractivity contribution is -0.0466. The summed E-state index contributed by atoms with van der Waals surface area (Å²) < 4.78 is 5.16. The molecule has 1 atom stereocenters. The van der Waals surface area contributed by atoms with Crippen LogP contribution in [-0.4, -0.2) is 19.3 Å². The van der Waals surface area contributed by atoms with Crippen molar-refractivity contribution in [3.8, 4) is 0 Å². The molecule has 4 nitrogen and oxygen atoms in total. The SMILES string of the molecule is CC.NN/C=C\NCC1CCO1. The molecule has 0 aromatic heterocycles. The normalized spacial score (nSPS) is 20.8. The van der Waals surface area contributed by atoms with Crippen molar-refractivity contribution in [1.82, 2.24) is 10.7 Å². The molecule has 1 aliphatic heterocycles. The standard InChI is InChI=1S/C6H13N3O.C2H6/c7-9-3-2-8-5-6-1-4-10-6;1-2/h2-3,6,8-9H,1,4-5,7H2;1-2H3/b3-2-;. The van der Waals surface area contributed by atoms with Gasteiger partial charge in [-0.1, -0.05) is 13.8 Å². The van der Waals surface area contributed by atoms with Crippen LogP contribution < -0.4 is 16.6 Å². The molecule has 1 saturated heterocycles. The van der Waals surface area contributed by atoms with Crippen LogP contribution in [0.25, 0.3) is 0 Å². The summed E-state index contributed by atoms with van der Waals surface area (Å²) in [5.74, 6) is 4.98. The fourth-order valence-corrected chi connectivity index (χ4v) is 0.752. The Labute approximate surface area is 74.1 Å². The molecule has 72 valence electrons. The predicted molar refractivity (Wildman–Crippen MR) is 50.2 cm³/mol. The third-order valence-electron chi connectivity index (χ3n) is 1.44. The fraction of sp³-hybridized carbons (Fsp3) is 0.750. The maximum absolute atomic E-state index is 5.16. The van der Waals surface area contributed by atoms with Crippen LogP contribution in [0.1, 0.15) is 20.3 Å². The van der Waals surface area contributed by atoms with Crippen LogP contribution in [0.5, 0.6) is 0 Å². The van der Waals surface area contributed by atoms with Crippen LogP contribution in [0, 0.1) is 0 Å². The largest absolute Gasteiger partial charge is 0.387 e. The number of ether oxygens (including phenoxy) is 1. The van der Waals surface area contributed by atoms with Crippen molar-refractivity contribution in [3.63, 3.8) is 0 Å². The smallest absolute Gasteiger partial charge is 0.0769 e. The van der Waals surface area contributed by atoms with Crippen molar-refractivity contribution < 1.29 is 4.74 Å². The molecule has 1 aliphatic rings. The Morgan fingerprint density at radius 1 is 1.50 bits per heavy atom. The molecular formula is C8H19N3O. The summed E-state index contributed by atoms with van der Waals surface area (Å²) in [5, 5.41) is 3.04. The van der Waals surface area contributed by atoms with Crippen LogP contribution in [0.4, 0.5) is 0 Å². The first-order valence-corrected chi connectivity index (χ1v) is 4.39. The maximum atomic E-state index is 5.16. The highest BCUT2D eigenvalue weighted by atomic mass is 16.5. The topological polar surface area (TPSA) is 59.3 Å². The van der Waals surface area contributed by atoms with Crippen LogP contribution >= 0.6 is 0 Å². The third-order valence-corrected chi connectivity index (χ3v) is 1.44. The lowest BCUT2D eigenvalue weighted by atomic mass is 10.2. The van der Waals surface area contributed by atoms with Gasteiger partial charge in [-0.05, 0) is 6.42 Å². The first-order valence-electron chi connectivity index (χ1n) is 4.39.